The van der Waals surface area contributed by atoms with Crippen LogP contribution in [0, 0.1) is 6.92 Å². The van der Waals surface area contributed by atoms with Crippen molar-refractivity contribution < 1.29 is 14.4 Å². The summed E-state index contributed by atoms with van der Waals surface area (Å²) in [6.45, 7) is 3.37. The Morgan fingerprint density at radius 3 is 2.56 bits per heavy atom. The minimum absolute atomic E-state index is 0.00463. The molecule has 4 rings (SSSR count). The summed E-state index contributed by atoms with van der Waals surface area (Å²) in [5.41, 5.74) is 2.84. The highest BCUT2D eigenvalue weighted by Gasteiger charge is 2.22. The summed E-state index contributed by atoms with van der Waals surface area (Å²) in [5.74, 6) is -0.372. The lowest BCUT2D eigenvalue weighted by atomic mass is 10.0. The number of aryl methyl sites for hydroxylation is 1. The largest absolute Gasteiger partial charge is 0.339 e. The van der Waals surface area contributed by atoms with Gasteiger partial charge in [0.1, 0.15) is 6.33 Å². The van der Waals surface area contributed by atoms with Gasteiger partial charge in [-0.1, -0.05) is 23.9 Å². The van der Waals surface area contributed by atoms with E-state index in [1.54, 1.807) is 53.4 Å². The Kier molecular flexibility index (Phi) is 7.27. The summed E-state index contributed by atoms with van der Waals surface area (Å²) in [6.07, 6.45) is 3.61. The van der Waals surface area contributed by atoms with Crippen LogP contribution in [-0.4, -0.2) is 56.2 Å². The number of nitrogens with one attached hydrogen (secondary N) is 2. The van der Waals surface area contributed by atoms with Crippen LogP contribution in [0.5, 0.6) is 0 Å². The van der Waals surface area contributed by atoms with Crippen molar-refractivity contribution >= 4 is 40.9 Å². The molecule has 0 atom stereocenters. The van der Waals surface area contributed by atoms with Crippen molar-refractivity contribution in [3.63, 3.8) is 0 Å². The molecular weight excluding hydrogens is 452 g/mol. The number of likely N-dealkylation sites (tertiary alicyclic amines) is 1. The van der Waals surface area contributed by atoms with Crippen molar-refractivity contribution in [2.75, 3.05) is 29.5 Å². The van der Waals surface area contributed by atoms with Crippen molar-refractivity contribution in [3.8, 4) is 0 Å². The molecule has 0 aliphatic carbocycles. The van der Waals surface area contributed by atoms with Gasteiger partial charge in [0.2, 0.25) is 5.91 Å². The van der Waals surface area contributed by atoms with Gasteiger partial charge >= 0.3 is 0 Å². The molecule has 2 N–H and O–H groups in total. The van der Waals surface area contributed by atoms with Crippen LogP contribution in [0.3, 0.4) is 0 Å². The SMILES string of the molecule is Cc1c(NC(=O)c2cccc(NC(=O)CSc3nncn3C)c2)cccc1C(=O)N1CCCC1. The fourth-order valence-corrected chi connectivity index (χ4v) is 4.44. The van der Waals surface area contributed by atoms with Crippen LogP contribution in [0.4, 0.5) is 11.4 Å². The number of hydrogen-bond donors (Lipinski definition) is 2. The minimum Gasteiger partial charge on any atom is -0.339 e. The van der Waals surface area contributed by atoms with E-state index in [1.807, 2.05) is 18.9 Å². The molecule has 9 nitrogen and oxygen atoms in total. The number of carbonyl (C=O) groups is 3. The molecule has 0 radical (unpaired) electrons. The summed E-state index contributed by atoms with van der Waals surface area (Å²) < 4.78 is 1.73. The predicted molar refractivity (Wildman–Crippen MR) is 131 cm³/mol. The Morgan fingerprint density at radius 2 is 1.82 bits per heavy atom. The molecule has 1 aliphatic rings. The van der Waals surface area contributed by atoms with Gasteiger partial charge in [-0.3, -0.25) is 14.4 Å². The first kappa shape index (κ1) is 23.5. The average molecular weight is 479 g/mol. The molecule has 2 heterocycles. The number of rotatable bonds is 7. The predicted octanol–water partition coefficient (Wildman–Crippen LogP) is 3.34. The Hall–Kier alpha value is -3.66. The van der Waals surface area contributed by atoms with Crippen LogP contribution in [0.2, 0.25) is 0 Å². The molecule has 2 aromatic carbocycles. The van der Waals surface area contributed by atoms with E-state index in [4.69, 9.17) is 0 Å². The second-order valence-electron chi connectivity index (χ2n) is 8.07. The molecule has 1 aromatic heterocycles. The molecule has 34 heavy (non-hydrogen) atoms. The van der Waals surface area contributed by atoms with Gasteiger partial charge in [0, 0.05) is 42.6 Å². The van der Waals surface area contributed by atoms with Gasteiger partial charge in [0.25, 0.3) is 11.8 Å². The van der Waals surface area contributed by atoms with Crippen molar-refractivity contribution in [3.05, 3.63) is 65.5 Å². The molecule has 3 aromatic rings. The van der Waals surface area contributed by atoms with Crippen LogP contribution in [0.1, 0.15) is 39.1 Å². The van der Waals surface area contributed by atoms with Crippen LogP contribution in [0.15, 0.2) is 53.9 Å². The van der Waals surface area contributed by atoms with E-state index in [0.717, 1.165) is 31.5 Å². The Bertz CT molecular complexity index is 1220. The molecule has 0 spiro atoms. The highest BCUT2D eigenvalue weighted by atomic mass is 32.2. The third-order valence-corrected chi connectivity index (χ3v) is 6.65. The van der Waals surface area contributed by atoms with Crippen molar-refractivity contribution in [2.24, 2.45) is 7.05 Å². The zero-order chi connectivity index (χ0) is 24.1. The van der Waals surface area contributed by atoms with Crippen LogP contribution < -0.4 is 10.6 Å². The number of thioether (sulfide) groups is 1. The van der Waals surface area contributed by atoms with E-state index < -0.39 is 0 Å². The first-order valence-electron chi connectivity index (χ1n) is 11.0. The minimum atomic E-state index is -0.321. The summed E-state index contributed by atoms with van der Waals surface area (Å²) in [5, 5.41) is 14.1. The molecule has 176 valence electrons. The monoisotopic (exact) mass is 478 g/mol. The molecule has 0 saturated carbocycles. The lowest BCUT2D eigenvalue weighted by molar-refractivity contribution is -0.113. The van der Waals surface area contributed by atoms with Crippen LogP contribution in [0.25, 0.3) is 0 Å². The zero-order valence-electron chi connectivity index (χ0n) is 19.1. The number of nitrogens with zero attached hydrogens (tertiary/aromatic N) is 4. The van der Waals surface area contributed by atoms with Crippen LogP contribution in [-0.2, 0) is 11.8 Å². The average Bonchev–Trinajstić information content (AvgIpc) is 3.51. The maximum absolute atomic E-state index is 12.9. The zero-order valence-corrected chi connectivity index (χ0v) is 19.9. The van der Waals surface area contributed by atoms with Gasteiger partial charge in [-0.05, 0) is 55.7 Å². The molecule has 1 saturated heterocycles. The molecule has 0 unspecified atom stereocenters. The Morgan fingerprint density at radius 1 is 1.06 bits per heavy atom. The van der Waals surface area contributed by atoms with Gasteiger partial charge in [-0.2, -0.15) is 0 Å². The number of hydrogen-bond acceptors (Lipinski definition) is 6. The van der Waals surface area contributed by atoms with E-state index in [9.17, 15) is 14.4 Å². The maximum Gasteiger partial charge on any atom is 0.255 e. The second-order valence-corrected chi connectivity index (χ2v) is 9.02. The van der Waals surface area contributed by atoms with Gasteiger partial charge < -0.3 is 20.1 Å². The van der Waals surface area contributed by atoms with Crippen molar-refractivity contribution in [1.29, 1.82) is 0 Å². The molecule has 0 bridgehead atoms. The van der Waals surface area contributed by atoms with E-state index in [-0.39, 0.29) is 23.5 Å². The molecule has 3 amide bonds. The van der Waals surface area contributed by atoms with E-state index >= 15 is 0 Å². The standard InChI is InChI=1S/C24H26N6O3S/c1-16-19(23(33)30-11-3-4-12-30)9-6-10-20(16)27-22(32)17-7-5-8-18(13-17)26-21(31)14-34-24-28-25-15-29(24)2/h5-10,13,15H,3-4,11-12,14H2,1-2H3,(H,26,31)(H,27,32). The third kappa shape index (κ3) is 5.45. The number of amides is 3. The topological polar surface area (TPSA) is 109 Å². The number of carbonyl (C=O) groups excluding carboxylic acids is 3. The van der Waals surface area contributed by atoms with Crippen molar-refractivity contribution in [2.45, 2.75) is 24.9 Å². The number of anilines is 2. The van der Waals surface area contributed by atoms with E-state index in [1.165, 1.54) is 11.8 Å². The Balaban J connectivity index is 1.40. The summed E-state index contributed by atoms with van der Waals surface area (Å²) in [4.78, 5) is 39.9. The third-order valence-electron chi connectivity index (χ3n) is 5.62. The second kappa shape index (κ2) is 10.5. The molecule has 1 fully saturated rings. The highest BCUT2D eigenvalue weighted by Crippen LogP contribution is 2.23. The van der Waals surface area contributed by atoms with Gasteiger partial charge in [-0.25, -0.2) is 0 Å². The maximum atomic E-state index is 12.9. The van der Waals surface area contributed by atoms with E-state index in [2.05, 4.69) is 20.8 Å². The fourth-order valence-electron chi connectivity index (χ4n) is 3.76. The number of benzene rings is 2. The van der Waals surface area contributed by atoms with Crippen molar-refractivity contribution in [1.82, 2.24) is 19.7 Å². The molecule has 1 aliphatic heterocycles. The first-order chi connectivity index (χ1) is 16.4. The summed E-state index contributed by atoms with van der Waals surface area (Å²) in [7, 11) is 1.81. The lowest BCUT2D eigenvalue weighted by Crippen LogP contribution is -2.28. The van der Waals surface area contributed by atoms with Crippen LogP contribution >= 0.6 is 11.8 Å². The normalized spacial score (nSPS) is 13.1. The van der Waals surface area contributed by atoms with Gasteiger partial charge in [0.05, 0.1) is 5.75 Å². The first-order valence-corrected chi connectivity index (χ1v) is 12.0. The lowest BCUT2D eigenvalue weighted by Gasteiger charge is -2.18. The van der Waals surface area contributed by atoms with Gasteiger partial charge in [0.15, 0.2) is 5.16 Å². The molecular formula is C24H26N6O3S. The van der Waals surface area contributed by atoms with Gasteiger partial charge in [-0.15, -0.1) is 10.2 Å². The van der Waals surface area contributed by atoms with E-state index in [0.29, 0.717) is 27.7 Å². The summed E-state index contributed by atoms with van der Waals surface area (Å²) in [6, 6.07) is 12.1. The fraction of sp³-hybridized carbons (Fsp3) is 0.292. The smallest absolute Gasteiger partial charge is 0.255 e. The quantitative estimate of drug-likeness (QED) is 0.504. The molecule has 10 heteroatoms. The summed E-state index contributed by atoms with van der Waals surface area (Å²) >= 11 is 1.27. The highest BCUT2D eigenvalue weighted by molar-refractivity contribution is 7.99. The number of aromatic nitrogens is 3. The Labute approximate surface area is 201 Å².